The smallest absolute Gasteiger partial charge is 0.136 e. The van der Waals surface area contributed by atoms with Crippen LogP contribution in [0.1, 0.15) is 31.6 Å². The summed E-state index contributed by atoms with van der Waals surface area (Å²) in [6, 6.07) is 1.93. The third-order valence-electron chi connectivity index (χ3n) is 1.87. The summed E-state index contributed by atoms with van der Waals surface area (Å²) in [6.07, 6.45) is 2.59. The molecular weight excluding hydrogens is 148 g/mol. The minimum atomic E-state index is 0.880. The summed E-state index contributed by atoms with van der Waals surface area (Å²) in [7, 11) is 0. The van der Waals surface area contributed by atoms with E-state index >= 15 is 0 Å². The van der Waals surface area contributed by atoms with Gasteiger partial charge in [0.1, 0.15) is 5.76 Å². The van der Waals surface area contributed by atoms with E-state index in [0.29, 0.717) is 0 Å². The van der Waals surface area contributed by atoms with Crippen LogP contribution in [0, 0.1) is 0 Å². The molecule has 1 aromatic heterocycles. The van der Waals surface area contributed by atoms with Gasteiger partial charge in [-0.05, 0) is 30.6 Å². The molecule has 1 heterocycles. The quantitative estimate of drug-likeness (QED) is 0.660. The highest BCUT2D eigenvalue weighted by atomic mass is 16.3. The fourth-order valence-electron chi connectivity index (χ4n) is 1.08. The molecule has 1 heteroatoms. The molecule has 12 heavy (non-hydrogen) atoms. The first-order valence-electron chi connectivity index (χ1n) is 4.08. The van der Waals surface area contributed by atoms with Crippen LogP contribution < -0.4 is 0 Å². The molecule has 0 aromatic carbocycles. The van der Waals surface area contributed by atoms with E-state index in [1.807, 2.05) is 13.0 Å². The van der Waals surface area contributed by atoms with Crippen LogP contribution in [0.3, 0.4) is 0 Å². The summed E-state index contributed by atoms with van der Waals surface area (Å²) in [6.45, 7) is 11.8. The van der Waals surface area contributed by atoms with Crippen LogP contribution in [0.5, 0.6) is 0 Å². The highest BCUT2D eigenvalue weighted by Gasteiger charge is 2.08. The number of allylic oxidation sites excluding steroid dienone is 2. The van der Waals surface area contributed by atoms with Gasteiger partial charge >= 0.3 is 0 Å². The topological polar surface area (TPSA) is 13.1 Å². The predicted molar refractivity (Wildman–Crippen MR) is 52.7 cm³/mol. The molecule has 0 aliphatic heterocycles. The molecule has 0 saturated carbocycles. The van der Waals surface area contributed by atoms with Gasteiger partial charge in [-0.15, -0.1) is 0 Å². The molecule has 0 amide bonds. The van der Waals surface area contributed by atoms with Crippen molar-refractivity contribution < 1.29 is 4.42 Å². The summed E-state index contributed by atoms with van der Waals surface area (Å²) in [5.74, 6) is 0.880. The van der Waals surface area contributed by atoms with Gasteiger partial charge in [0.15, 0.2) is 0 Å². The molecule has 0 spiro atoms. The first-order chi connectivity index (χ1) is 5.66. The van der Waals surface area contributed by atoms with E-state index in [-0.39, 0.29) is 0 Å². The molecule has 0 bridgehead atoms. The monoisotopic (exact) mass is 162 g/mol. The fraction of sp³-hybridized carbons (Fsp3) is 0.273. The highest BCUT2D eigenvalue weighted by Crippen LogP contribution is 2.25. The predicted octanol–water partition coefficient (Wildman–Crippen LogP) is 3.74. The molecule has 0 unspecified atom stereocenters. The van der Waals surface area contributed by atoms with Crippen LogP contribution in [0.25, 0.3) is 11.1 Å². The highest BCUT2D eigenvalue weighted by molar-refractivity contribution is 5.74. The second-order valence-corrected chi connectivity index (χ2v) is 2.90. The lowest BCUT2D eigenvalue weighted by atomic mass is 10.0. The lowest BCUT2D eigenvalue weighted by Gasteiger charge is -2.01. The Labute approximate surface area is 73.4 Å². The lowest BCUT2D eigenvalue weighted by Crippen LogP contribution is -1.83. The molecule has 0 aliphatic rings. The first-order valence-corrected chi connectivity index (χ1v) is 4.08. The van der Waals surface area contributed by atoms with Crippen molar-refractivity contribution in [3.05, 3.63) is 36.8 Å². The van der Waals surface area contributed by atoms with Gasteiger partial charge in [0.2, 0.25) is 0 Å². The zero-order valence-corrected chi connectivity index (χ0v) is 7.68. The first kappa shape index (κ1) is 8.85. The van der Waals surface area contributed by atoms with Crippen molar-refractivity contribution >= 4 is 11.1 Å². The maximum absolute atomic E-state index is 5.32. The van der Waals surface area contributed by atoms with Crippen LogP contribution in [-0.4, -0.2) is 0 Å². The minimum Gasteiger partial charge on any atom is -0.464 e. The lowest BCUT2D eigenvalue weighted by molar-refractivity contribution is 0.550. The van der Waals surface area contributed by atoms with Crippen molar-refractivity contribution in [2.24, 2.45) is 0 Å². The summed E-state index contributed by atoms with van der Waals surface area (Å²) in [5, 5.41) is 0. The average Bonchev–Trinajstić information content (AvgIpc) is 2.50. The SMILES string of the molecule is C=C(C)c1ccoc1C(=C)CC. The van der Waals surface area contributed by atoms with Gasteiger partial charge in [0.05, 0.1) is 6.26 Å². The summed E-state index contributed by atoms with van der Waals surface area (Å²) >= 11 is 0. The standard InChI is InChI=1S/C11H14O/c1-5-9(4)11-10(8(2)3)6-7-12-11/h6-7H,2,4-5H2,1,3H3. The molecule has 0 fully saturated rings. The van der Waals surface area contributed by atoms with E-state index < -0.39 is 0 Å². The van der Waals surface area contributed by atoms with E-state index in [0.717, 1.165) is 28.9 Å². The second kappa shape index (κ2) is 3.44. The van der Waals surface area contributed by atoms with Crippen molar-refractivity contribution in [1.82, 2.24) is 0 Å². The zero-order valence-electron chi connectivity index (χ0n) is 7.68. The Morgan fingerprint density at radius 2 is 2.17 bits per heavy atom. The van der Waals surface area contributed by atoms with Crippen molar-refractivity contribution in [2.75, 3.05) is 0 Å². The summed E-state index contributed by atoms with van der Waals surface area (Å²) < 4.78 is 5.32. The van der Waals surface area contributed by atoms with Gasteiger partial charge < -0.3 is 4.42 Å². The van der Waals surface area contributed by atoms with Gasteiger partial charge in [-0.1, -0.05) is 20.1 Å². The maximum atomic E-state index is 5.32. The number of furan rings is 1. The Bertz CT molecular complexity index is 305. The van der Waals surface area contributed by atoms with Crippen molar-refractivity contribution in [3.8, 4) is 0 Å². The fourth-order valence-corrected chi connectivity index (χ4v) is 1.08. The largest absolute Gasteiger partial charge is 0.464 e. The van der Waals surface area contributed by atoms with Crippen LogP contribution in [0.2, 0.25) is 0 Å². The Kier molecular flexibility index (Phi) is 2.54. The van der Waals surface area contributed by atoms with E-state index in [1.54, 1.807) is 6.26 Å². The van der Waals surface area contributed by atoms with Gasteiger partial charge in [0, 0.05) is 5.56 Å². The molecule has 0 N–H and O–H groups in total. The molecule has 1 aromatic rings. The van der Waals surface area contributed by atoms with Crippen LogP contribution >= 0.6 is 0 Å². The zero-order chi connectivity index (χ0) is 9.14. The number of hydrogen-bond donors (Lipinski definition) is 0. The normalized spacial score (nSPS) is 9.83. The van der Waals surface area contributed by atoms with Crippen LogP contribution in [0.15, 0.2) is 29.9 Å². The number of hydrogen-bond acceptors (Lipinski definition) is 1. The summed E-state index contributed by atoms with van der Waals surface area (Å²) in [4.78, 5) is 0. The van der Waals surface area contributed by atoms with E-state index in [1.165, 1.54) is 0 Å². The molecule has 1 nitrogen and oxygen atoms in total. The van der Waals surface area contributed by atoms with Crippen molar-refractivity contribution in [3.63, 3.8) is 0 Å². The Morgan fingerprint density at radius 3 is 2.67 bits per heavy atom. The van der Waals surface area contributed by atoms with Gasteiger partial charge in [0.25, 0.3) is 0 Å². The Morgan fingerprint density at radius 1 is 1.50 bits per heavy atom. The van der Waals surface area contributed by atoms with Gasteiger partial charge in [-0.3, -0.25) is 0 Å². The van der Waals surface area contributed by atoms with Crippen molar-refractivity contribution in [2.45, 2.75) is 20.3 Å². The maximum Gasteiger partial charge on any atom is 0.136 e. The van der Waals surface area contributed by atoms with Crippen LogP contribution in [0.4, 0.5) is 0 Å². The molecule has 0 aliphatic carbocycles. The average molecular weight is 162 g/mol. The summed E-state index contributed by atoms with van der Waals surface area (Å²) in [5.41, 5.74) is 3.12. The van der Waals surface area contributed by atoms with Gasteiger partial charge in [-0.25, -0.2) is 0 Å². The molecule has 0 atom stereocenters. The molecule has 0 radical (unpaired) electrons. The molecule has 64 valence electrons. The van der Waals surface area contributed by atoms with Crippen molar-refractivity contribution in [1.29, 1.82) is 0 Å². The second-order valence-electron chi connectivity index (χ2n) is 2.90. The molecular formula is C11H14O. The molecule has 1 rings (SSSR count). The van der Waals surface area contributed by atoms with Crippen LogP contribution in [-0.2, 0) is 0 Å². The third kappa shape index (κ3) is 1.50. The van der Waals surface area contributed by atoms with E-state index in [9.17, 15) is 0 Å². The Balaban J connectivity index is 3.07. The van der Waals surface area contributed by atoms with Gasteiger partial charge in [-0.2, -0.15) is 0 Å². The van der Waals surface area contributed by atoms with E-state index in [2.05, 4.69) is 20.1 Å². The van der Waals surface area contributed by atoms with E-state index in [4.69, 9.17) is 4.42 Å². The minimum absolute atomic E-state index is 0.880. The Hall–Kier alpha value is -1.24. The third-order valence-corrected chi connectivity index (χ3v) is 1.87. The molecule has 0 saturated heterocycles. The number of rotatable bonds is 3.